The van der Waals surface area contributed by atoms with Crippen LogP contribution in [0.3, 0.4) is 0 Å². The Hall–Kier alpha value is -2.85. The van der Waals surface area contributed by atoms with E-state index in [9.17, 15) is 14.0 Å². The van der Waals surface area contributed by atoms with Crippen molar-refractivity contribution in [2.45, 2.75) is 6.92 Å². The molecule has 0 aliphatic carbocycles. The predicted molar refractivity (Wildman–Crippen MR) is 120 cm³/mol. The van der Waals surface area contributed by atoms with Crippen LogP contribution in [0, 0.1) is 5.82 Å². The molecule has 0 atom stereocenters. The van der Waals surface area contributed by atoms with Crippen LogP contribution in [0.5, 0.6) is 11.5 Å². The molecule has 3 rings (SSSR count). The first-order chi connectivity index (χ1) is 14.9. The minimum atomic E-state index is -0.487. The van der Waals surface area contributed by atoms with Crippen molar-refractivity contribution in [3.63, 3.8) is 0 Å². The lowest BCUT2D eigenvalue weighted by molar-refractivity contribution is -0.145. The van der Waals surface area contributed by atoms with E-state index in [2.05, 4.69) is 26.2 Å². The zero-order chi connectivity index (χ0) is 22.4. The molecule has 0 radical (unpaired) electrons. The number of methoxy groups -OCH3 is 1. The van der Waals surface area contributed by atoms with Crippen LogP contribution in [0.4, 0.5) is 10.1 Å². The Morgan fingerprint density at radius 2 is 2.00 bits per heavy atom. The number of halogens is 2. The lowest BCUT2D eigenvalue weighted by Gasteiger charge is -2.12. The summed E-state index contributed by atoms with van der Waals surface area (Å²) in [5.41, 5.74) is 1.19. The van der Waals surface area contributed by atoms with Gasteiger partial charge in [0.2, 0.25) is 0 Å². The molecule has 0 bridgehead atoms. The Bertz CT molecular complexity index is 1060. The van der Waals surface area contributed by atoms with Gasteiger partial charge in [-0.05, 0) is 66.7 Å². The quantitative estimate of drug-likeness (QED) is 0.439. The number of amides is 1. The molecule has 0 spiro atoms. The zero-order valence-corrected chi connectivity index (χ0v) is 19.0. The van der Waals surface area contributed by atoms with E-state index in [0.29, 0.717) is 37.3 Å². The van der Waals surface area contributed by atoms with E-state index in [4.69, 9.17) is 14.2 Å². The van der Waals surface area contributed by atoms with Gasteiger partial charge in [-0.2, -0.15) is 0 Å². The molecule has 1 aliphatic heterocycles. The summed E-state index contributed by atoms with van der Waals surface area (Å²) in [6, 6.07) is 8.97. The number of amidine groups is 1. The van der Waals surface area contributed by atoms with Gasteiger partial charge in [-0.1, -0.05) is 15.9 Å². The molecule has 0 aromatic heterocycles. The first-order valence-electron chi connectivity index (χ1n) is 9.10. The highest BCUT2D eigenvalue weighted by Crippen LogP contribution is 2.36. The molecule has 31 heavy (non-hydrogen) atoms. The van der Waals surface area contributed by atoms with Crippen molar-refractivity contribution >= 4 is 56.5 Å². The molecule has 2 aromatic carbocycles. The molecular formula is C21H18BrFN2O5S. The van der Waals surface area contributed by atoms with E-state index < -0.39 is 5.97 Å². The molecular weight excluding hydrogens is 491 g/mol. The Morgan fingerprint density at radius 1 is 1.26 bits per heavy atom. The minimum Gasteiger partial charge on any atom is -0.493 e. The molecule has 0 saturated carbocycles. The monoisotopic (exact) mass is 508 g/mol. The lowest BCUT2D eigenvalue weighted by atomic mass is 10.2. The summed E-state index contributed by atoms with van der Waals surface area (Å²) in [5, 5.41) is 3.07. The minimum absolute atomic E-state index is 0.251. The van der Waals surface area contributed by atoms with Crippen LogP contribution in [0.25, 0.3) is 6.08 Å². The maximum atomic E-state index is 13.0. The van der Waals surface area contributed by atoms with Gasteiger partial charge < -0.3 is 19.5 Å². The summed E-state index contributed by atoms with van der Waals surface area (Å²) in [5.74, 6) is -0.408. The topological polar surface area (TPSA) is 86.2 Å². The fraction of sp³-hybridized carbons (Fsp3) is 0.190. The predicted octanol–water partition coefficient (Wildman–Crippen LogP) is 4.43. The van der Waals surface area contributed by atoms with Gasteiger partial charge in [0.1, 0.15) is 5.82 Å². The lowest BCUT2D eigenvalue weighted by Crippen LogP contribution is -2.19. The Morgan fingerprint density at radius 3 is 2.68 bits per heavy atom. The first-order valence-corrected chi connectivity index (χ1v) is 10.7. The maximum absolute atomic E-state index is 13.0. The Balaban J connectivity index is 1.79. The van der Waals surface area contributed by atoms with Gasteiger partial charge in [-0.3, -0.25) is 4.79 Å². The van der Waals surface area contributed by atoms with E-state index in [1.807, 2.05) is 0 Å². The second-order valence-corrected chi connectivity index (χ2v) is 7.96. The second-order valence-electron chi connectivity index (χ2n) is 6.08. The molecule has 1 saturated heterocycles. The van der Waals surface area contributed by atoms with E-state index >= 15 is 0 Å². The number of hydrogen-bond donors (Lipinski definition) is 1. The number of carbonyl (C=O) groups excluding carboxylic acids is 2. The molecule has 2 aromatic rings. The third-order valence-electron chi connectivity index (χ3n) is 3.93. The van der Waals surface area contributed by atoms with Gasteiger partial charge in [0.15, 0.2) is 23.3 Å². The van der Waals surface area contributed by atoms with Crippen molar-refractivity contribution in [3.05, 3.63) is 57.2 Å². The van der Waals surface area contributed by atoms with Crippen LogP contribution >= 0.6 is 27.7 Å². The Kier molecular flexibility index (Phi) is 7.69. The molecule has 1 N–H and O–H groups in total. The smallest absolute Gasteiger partial charge is 0.344 e. The number of carbonyl (C=O) groups is 2. The standard InChI is InChI=1S/C21H18BrFN2O5S/c1-3-29-19(26)11-30-17-10-15(22)12(8-16(17)28-2)9-18-20(27)25-21(31-18)24-14-6-4-13(23)5-7-14/h4-10H,3,11H2,1-2H3,(H,24,25,27)/b18-9+. The number of thioether (sulfide) groups is 1. The summed E-state index contributed by atoms with van der Waals surface area (Å²) in [6.07, 6.45) is 1.68. The van der Waals surface area contributed by atoms with Crippen molar-refractivity contribution < 1.29 is 28.2 Å². The van der Waals surface area contributed by atoms with Gasteiger partial charge in [0.25, 0.3) is 5.91 Å². The van der Waals surface area contributed by atoms with E-state index in [-0.39, 0.29) is 24.9 Å². The summed E-state index contributed by atoms with van der Waals surface area (Å²) >= 11 is 4.61. The number of rotatable bonds is 7. The summed E-state index contributed by atoms with van der Waals surface area (Å²) in [7, 11) is 1.47. The third kappa shape index (κ3) is 6.08. The highest BCUT2D eigenvalue weighted by molar-refractivity contribution is 9.10. The van der Waals surface area contributed by atoms with Gasteiger partial charge >= 0.3 is 5.97 Å². The number of aliphatic imine (C=N–C) groups is 1. The third-order valence-corrected chi connectivity index (χ3v) is 5.53. The van der Waals surface area contributed by atoms with E-state index in [1.165, 1.54) is 31.4 Å². The van der Waals surface area contributed by atoms with Crippen LogP contribution in [-0.4, -0.2) is 37.4 Å². The number of esters is 1. The van der Waals surface area contributed by atoms with Gasteiger partial charge in [-0.25, -0.2) is 14.2 Å². The number of nitrogens with one attached hydrogen (secondary N) is 1. The fourth-order valence-electron chi connectivity index (χ4n) is 2.53. The van der Waals surface area contributed by atoms with Crippen molar-refractivity contribution in [2.24, 2.45) is 4.99 Å². The van der Waals surface area contributed by atoms with Crippen LogP contribution in [-0.2, 0) is 14.3 Å². The average molecular weight is 509 g/mol. The van der Waals surface area contributed by atoms with E-state index in [1.54, 1.807) is 25.1 Å². The van der Waals surface area contributed by atoms with Gasteiger partial charge in [0, 0.05) is 4.47 Å². The second kappa shape index (κ2) is 10.5. The average Bonchev–Trinajstić information content (AvgIpc) is 3.08. The van der Waals surface area contributed by atoms with Crippen LogP contribution in [0.15, 0.2) is 50.8 Å². The summed E-state index contributed by atoms with van der Waals surface area (Å²) in [4.78, 5) is 28.6. The van der Waals surface area contributed by atoms with Crippen molar-refractivity contribution in [2.75, 3.05) is 20.3 Å². The molecule has 7 nitrogen and oxygen atoms in total. The van der Waals surface area contributed by atoms with Crippen LogP contribution in [0.1, 0.15) is 12.5 Å². The molecule has 0 unspecified atom stereocenters. The summed E-state index contributed by atoms with van der Waals surface area (Å²) in [6.45, 7) is 1.73. The van der Waals surface area contributed by atoms with Crippen molar-refractivity contribution in [1.29, 1.82) is 0 Å². The fourth-order valence-corrected chi connectivity index (χ4v) is 3.80. The highest BCUT2D eigenvalue weighted by Gasteiger charge is 2.24. The Labute approximate surface area is 190 Å². The van der Waals surface area contributed by atoms with E-state index in [0.717, 1.165) is 11.8 Å². The van der Waals surface area contributed by atoms with Gasteiger partial charge in [0.05, 0.1) is 24.3 Å². The first kappa shape index (κ1) is 22.8. The van der Waals surface area contributed by atoms with Crippen molar-refractivity contribution in [3.8, 4) is 11.5 Å². The number of hydrogen-bond acceptors (Lipinski definition) is 7. The molecule has 1 heterocycles. The number of benzene rings is 2. The van der Waals surface area contributed by atoms with Crippen molar-refractivity contribution in [1.82, 2.24) is 5.32 Å². The largest absolute Gasteiger partial charge is 0.493 e. The number of ether oxygens (including phenoxy) is 3. The molecule has 162 valence electrons. The maximum Gasteiger partial charge on any atom is 0.344 e. The zero-order valence-electron chi connectivity index (χ0n) is 16.6. The van der Waals surface area contributed by atoms with Crippen LogP contribution in [0.2, 0.25) is 0 Å². The van der Waals surface area contributed by atoms with Gasteiger partial charge in [-0.15, -0.1) is 0 Å². The molecule has 1 aliphatic rings. The normalized spacial score (nSPS) is 15.8. The molecule has 1 fully saturated rings. The molecule has 10 heteroatoms. The van der Waals surface area contributed by atoms with Crippen LogP contribution < -0.4 is 14.8 Å². The molecule has 1 amide bonds. The summed E-state index contributed by atoms with van der Waals surface area (Å²) < 4.78 is 29.3. The SMILES string of the molecule is CCOC(=O)COc1cc(Br)c(/C=C2/SC(=Nc3ccc(F)cc3)NC2=O)cc1OC. The number of nitrogens with zero attached hydrogens (tertiary/aromatic N) is 1. The highest BCUT2D eigenvalue weighted by atomic mass is 79.9.